The average Bonchev–Trinajstić information content (AvgIpc) is 2.46. The van der Waals surface area contributed by atoms with Gasteiger partial charge >= 0.3 is 0 Å². The molecule has 1 atom stereocenters. The van der Waals surface area contributed by atoms with E-state index in [1.54, 1.807) is 0 Å². The standard InChI is InChI=1S/C18H23N/c1-4-14-9-10-18(11-15(14)5-2)17-8-6-7-16(12-17)13(3)19/h6-13H,4-5,19H2,1-3H3. The topological polar surface area (TPSA) is 26.0 Å². The number of hydrogen-bond donors (Lipinski definition) is 1. The molecule has 100 valence electrons. The summed E-state index contributed by atoms with van der Waals surface area (Å²) in [7, 11) is 0. The Kier molecular flexibility index (Phi) is 4.39. The molecular weight excluding hydrogens is 230 g/mol. The van der Waals surface area contributed by atoms with Crippen LogP contribution in [0, 0.1) is 0 Å². The highest BCUT2D eigenvalue weighted by atomic mass is 14.6. The molecule has 2 aromatic carbocycles. The first-order valence-corrected chi connectivity index (χ1v) is 7.13. The van der Waals surface area contributed by atoms with Crippen LogP contribution in [0.1, 0.15) is 43.5 Å². The summed E-state index contributed by atoms with van der Waals surface area (Å²) < 4.78 is 0. The minimum atomic E-state index is 0.0838. The van der Waals surface area contributed by atoms with Gasteiger partial charge in [0.05, 0.1) is 0 Å². The molecule has 1 nitrogen and oxygen atoms in total. The van der Waals surface area contributed by atoms with E-state index in [4.69, 9.17) is 5.73 Å². The van der Waals surface area contributed by atoms with E-state index in [2.05, 4.69) is 56.3 Å². The minimum absolute atomic E-state index is 0.0838. The highest BCUT2D eigenvalue weighted by molar-refractivity contribution is 5.66. The van der Waals surface area contributed by atoms with Gasteiger partial charge in [0.25, 0.3) is 0 Å². The van der Waals surface area contributed by atoms with Gasteiger partial charge in [0, 0.05) is 6.04 Å². The maximum Gasteiger partial charge on any atom is 0.0266 e. The van der Waals surface area contributed by atoms with Gasteiger partial charge in [-0.1, -0.05) is 50.2 Å². The fourth-order valence-corrected chi connectivity index (χ4v) is 2.48. The molecule has 0 radical (unpaired) electrons. The predicted molar refractivity (Wildman–Crippen MR) is 83.2 cm³/mol. The molecule has 0 aliphatic carbocycles. The number of benzene rings is 2. The van der Waals surface area contributed by atoms with Crippen LogP contribution in [0.15, 0.2) is 42.5 Å². The summed E-state index contributed by atoms with van der Waals surface area (Å²) >= 11 is 0. The van der Waals surface area contributed by atoms with Gasteiger partial charge < -0.3 is 5.73 Å². The molecule has 2 aromatic rings. The van der Waals surface area contributed by atoms with Crippen molar-refractivity contribution in [2.24, 2.45) is 5.73 Å². The fraction of sp³-hybridized carbons (Fsp3) is 0.333. The third-order valence-electron chi connectivity index (χ3n) is 3.71. The molecule has 0 bridgehead atoms. The van der Waals surface area contributed by atoms with Crippen LogP contribution in [-0.4, -0.2) is 0 Å². The van der Waals surface area contributed by atoms with Crippen molar-refractivity contribution >= 4 is 0 Å². The molecule has 1 heteroatoms. The molecule has 0 spiro atoms. The van der Waals surface area contributed by atoms with Gasteiger partial charge in [-0.05, 0) is 53.6 Å². The second kappa shape index (κ2) is 6.03. The van der Waals surface area contributed by atoms with Crippen LogP contribution >= 0.6 is 0 Å². The largest absolute Gasteiger partial charge is 0.324 e. The number of hydrogen-bond acceptors (Lipinski definition) is 1. The van der Waals surface area contributed by atoms with Gasteiger partial charge in [0.15, 0.2) is 0 Å². The zero-order valence-corrected chi connectivity index (χ0v) is 12.1. The normalized spacial score (nSPS) is 12.4. The molecular formula is C18H23N. The van der Waals surface area contributed by atoms with Crippen LogP contribution in [0.4, 0.5) is 0 Å². The smallest absolute Gasteiger partial charge is 0.0266 e. The molecule has 1 unspecified atom stereocenters. The first-order valence-electron chi connectivity index (χ1n) is 7.13. The lowest BCUT2D eigenvalue weighted by Crippen LogP contribution is -2.04. The highest BCUT2D eigenvalue weighted by Gasteiger charge is 2.05. The first-order chi connectivity index (χ1) is 9.15. The van der Waals surface area contributed by atoms with Gasteiger partial charge in [-0.25, -0.2) is 0 Å². The van der Waals surface area contributed by atoms with Crippen molar-refractivity contribution in [3.63, 3.8) is 0 Å². The molecule has 0 amide bonds. The van der Waals surface area contributed by atoms with E-state index >= 15 is 0 Å². The molecule has 0 aliphatic rings. The van der Waals surface area contributed by atoms with Crippen molar-refractivity contribution in [3.05, 3.63) is 59.2 Å². The van der Waals surface area contributed by atoms with Crippen molar-refractivity contribution in [2.75, 3.05) is 0 Å². The molecule has 0 aromatic heterocycles. The molecule has 0 fully saturated rings. The highest BCUT2D eigenvalue weighted by Crippen LogP contribution is 2.25. The Labute approximate surface area is 116 Å². The van der Waals surface area contributed by atoms with Gasteiger partial charge in [-0.15, -0.1) is 0 Å². The summed E-state index contributed by atoms with van der Waals surface area (Å²) in [5.41, 5.74) is 12.6. The van der Waals surface area contributed by atoms with Crippen molar-refractivity contribution in [1.29, 1.82) is 0 Å². The van der Waals surface area contributed by atoms with E-state index in [0.29, 0.717) is 0 Å². The summed E-state index contributed by atoms with van der Waals surface area (Å²) in [6.07, 6.45) is 2.19. The quantitative estimate of drug-likeness (QED) is 0.853. The van der Waals surface area contributed by atoms with Crippen LogP contribution in [0.3, 0.4) is 0 Å². The van der Waals surface area contributed by atoms with Crippen molar-refractivity contribution in [1.82, 2.24) is 0 Å². The van der Waals surface area contributed by atoms with Crippen LogP contribution in [0.5, 0.6) is 0 Å². The van der Waals surface area contributed by atoms with Crippen molar-refractivity contribution < 1.29 is 0 Å². The summed E-state index contributed by atoms with van der Waals surface area (Å²) in [6.45, 7) is 6.46. The Bertz CT molecular complexity index is 555. The molecule has 2 rings (SSSR count). The van der Waals surface area contributed by atoms with E-state index in [1.165, 1.54) is 27.8 Å². The van der Waals surface area contributed by atoms with E-state index in [1.807, 2.05) is 6.92 Å². The zero-order chi connectivity index (χ0) is 13.8. The van der Waals surface area contributed by atoms with Gasteiger partial charge in [-0.2, -0.15) is 0 Å². The molecule has 0 saturated carbocycles. The van der Waals surface area contributed by atoms with Gasteiger partial charge in [0.2, 0.25) is 0 Å². The lowest BCUT2D eigenvalue weighted by atomic mass is 9.95. The molecule has 2 N–H and O–H groups in total. The summed E-state index contributed by atoms with van der Waals surface area (Å²) in [5, 5.41) is 0. The Morgan fingerprint density at radius 1 is 0.895 bits per heavy atom. The van der Waals surface area contributed by atoms with Crippen LogP contribution in [0.25, 0.3) is 11.1 Å². The van der Waals surface area contributed by atoms with Crippen molar-refractivity contribution in [2.45, 2.75) is 39.7 Å². The van der Waals surface area contributed by atoms with E-state index < -0.39 is 0 Å². The maximum absolute atomic E-state index is 5.96. The third kappa shape index (κ3) is 3.05. The maximum atomic E-state index is 5.96. The molecule has 0 aliphatic heterocycles. The lowest BCUT2D eigenvalue weighted by Gasteiger charge is -2.11. The fourth-order valence-electron chi connectivity index (χ4n) is 2.48. The van der Waals surface area contributed by atoms with Gasteiger partial charge in [-0.3, -0.25) is 0 Å². The molecule has 19 heavy (non-hydrogen) atoms. The van der Waals surface area contributed by atoms with Crippen molar-refractivity contribution in [3.8, 4) is 11.1 Å². The van der Waals surface area contributed by atoms with Crippen LogP contribution < -0.4 is 5.73 Å². The lowest BCUT2D eigenvalue weighted by molar-refractivity contribution is 0.819. The summed E-state index contributed by atoms with van der Waals surface area (Å²) in [6, 6.07) is 15.4. The van der Waals surface area contributed by atoms with E-state index in [0.717, 1.165) is 12.8 Å². The minimum Gasteiger partial charge on any atom is -0.324 e. The second-order valence-corrected chi connectivity index (χ2v) is 5.10. The van der Waals surface area contributed by atoms with E-state index in [-0.39, 0.29) is 6.04 Å². The Morgan fingerprint density at radius 3 is 2.21 bits per heavy atom. The SMILES string of the molecule is CCc1ccc(-c2cccc(C(C)N)c2)cc1CC. The molecule has 0 saturated heterocycles. The van der Waals surface area contributed by atoms with Gasteiger partial charge in [0.1, 0.15) is 0 Å². The van der Waals surface area contributed by atoms with Crippen LogP contribution in [0.2, 0.25) is 0 Å². The first kappa shape index (κ1) is 13.8. The Hall–Kier alpha value is -1.60. The Balaban J connectivity index is 2.44. The molecule has 0 heterocycles. The summed E-state index contributed by atoms with van der Waals surface area (Å²) in [4.78, 5) is 0. The Morgan fingerprint density at radius 2 is 1.58 bits per heavy atom. The average molecular weight is 253 g/mol. The number of nitrogens with two attached hydrogens (primary N) is 1. The summed E-state index contributed by atoms with van der Waals surface area (Å²) in [5.74, 6) is 0. The number of aryl methyl sites for hydroxylation is 2. The second-order valence-electron chi connectivity index (χ2n) is 5.10. The third-order valence-corrected chi connectivity index (χ3v) is 3.71. The zero-order valence-electron chi connectivity index (χ0n) is 12.1. The van der Waals surface area contributed by atoms with E-state index in [9.17, 15) is 0 Å². The van der Waals surface area contributed by atoms with Crippen LogP contribution in [-0.2, 0) is 12.8 Å². The predicted octanol–water partition coefficient (Wildman–Crippen LogP) is 4.50. The monoisotopic (exact) mass is 253 g/mol. The number of rotatable bonds is 4.